The highest BCUT2D eigenvalue weighted by Gasteiger charge is 2.30. The normalized spacial score (nSPS) is 18.7. The third-order valence-corrected chi connectivity index (χ3v) is 4.49. The number of nitrogens with zero attached hydrogens (tertiary/aromatic N) is 5. The van der Waals surface area contributed by atoms with Gasteiger partial charge in [-0.25, -0.2) is 0 Å². The van der Waals surface area contributed by atoms with E-state index in [-0.39, 0.29) is 5.41 Å². The topological polar surface area (TPSA) is 96.6 Å². The van der Waals surface area contributed by atoms with Crippen molar-refractivity contribution in [2.45, 2.75) is 19.8 Å². The Hall–Kier alpha value is -1.54. The van der Waals surface area contributed by atoms with Crippen molar-refractivity contribution in [3.8, 4) is 10.7 Å². The van der Waals surface area contributed by atoms with E-state index in [2.05, 4.69) is 36.6 Å². The number of rotatable bonds is 3. The quantitative estimate of drug-likeness (QED) is 0.866. The zero-order valence-electron chi connectivity index (χ0n) is 10.8. The third-order valence-electron chi connectivity index (χ3n) is 3.81. The molecule has 19 heavy (non-hydrogen) atoms. The number of aromatic amines is 1. The molecule has 7 nitrogen and oxygen atoms in total. The summed E-state index contributed by atoms with van der Waals surface area (Å²) in [6.45, 7) is 4.89. The number of anilines is 1. The maximum absolute atomic E-state index is 5.82. The second-order valence-corrected chi connectivity index (χ2v) is 6.05. The fourth-order valence-electron chi connectivity index (χ4n) is 2.23. The SMILES string of the molecule is CC1(CN)CCN(c2n[nH]c(-c3cnns3)n2)CC1. The molecule has 2 aromatic heterocycles. The minimum absolute atomic E-state index is 0.261. The summed E-state index contributed by atoms with van der Waals surface area (Å²) in [5, 5.41) is 11.0. The molecule has 0 aliphatic carbocycles. The summed E-state index contributed by atoms with van der Waals surface area (Å²) in [7, 11) is 0. The maximum Gasteiger partial charge on any atom is 0.245 e. The van der Waals surface area contributed by atoms with Crippen molar-refractivity contribution in [2.75, 3.05) is 24.5 Å². The minimum Gasteiger partial charge on any atom is -0.339 e. The molecular formula is C11H17N7S. The average Bonchev–Trinajstić information content (AvgIpc) is 3.10. The molecule has 0 aromatic carbocycles. The van der Waals surface area contributed by atoms with Gasteiger partial charge < -0.3 is 10.6 Å². The van der Waals surface area contributed by atoms with Gasteiger partial charge in [-0.2, -0.15) is 4.98 Å². The zero-order chi connectivity index (χ0) is 13.3. The fraction of sp³-hybridized carbons (Fsp3) is 0.636. The lowest BCUT2D eigenvalue weighted by Gasteiger charge is -2.38. The first-order chi connectivity index (χ1) is 9.20. The number of hydrogen-bond donors (Lipinski definition) is 2. The van der Waals surface area contributed by atoms with Crippen LogP contribution in [0.15, 0.2) is 6.20 Å². The number of aromatic nitrogens is 5. The van der Waals surface area contributed by atoms with Crippen LogP contribution in [0.2, 0.25) is 0 Å². The third kappa shape index (κ3) is 2.45. The first-order valence-corrected chi connectivity index (χ1v) is 7.13. The van der Waals surface area contributed by atoms with Crippen LogP contribution in [0, 0.1) is 5.41 Å². The van der Waals surface area contributed by atoms with Gasteiger partial charge in [0.05, 0.1) is 6.20 Å². The lowest BCUT2D eigenvalue weighted by atomic mass is 9.81. The number of nitrogens with one attached hydrogen (secondary N) is 1. The first-order valence-electron chi connectivity index (χ1n) is 6.35. The highest BCUT2D eigenvalue weighted by atomic mass is 32.1. The van der Waals surface area contributed by atoms with Gasteiger partial charge >= 0.3 is 0 Å². The van der Waals surface area contributed by atoms with Crippen molar-refractivity contribution < 1.29 is 0 Å². The maximum atomic E-state index is 5.82. The number of piperidine rings is 1. The van der Waals surface area contributed by atoms with Crippen LogP contribution < -0.4 is 10.6 Å². The van der Waals surface area contributed by atoms with Crippen LogP contribution in [-0.2, 0) is 0 Å². The molecule has 102 valence electrons. The van der Waals surface area contributed by atoms with Gasteiger partial charge in [-0.15, -0.1) is 10.2 Å². The fourth-order valence-corrected chi connectivity index (χ4v) is 2.68. The van der Waals surface area contributed by atoms with Crippen molar-refractivity contribution in [1.82, 2.24) is 24.8 Å². The van der Waals surface area contributed by atoms with Crippen molar-refractivity contribution >= 4 is 17.5 Å². The van der Waals surface area contributed by atoms with Crippen LogP contribution in [0.4, 0.5) is 5.95 Å². The Morgan fingerprint density at radius 2 is 2.26 bits per heavy atom. The molecule has 3 rings (SSSR count). The van der Waals surface area contributed by atoms with E-state index in [1.807, 2.05) is 0 Å². The standard InChI is InChI=1S/C11H17N7S/c1-11(7-12)2-4-18(5-3-11)10-14-9(15-16-10)8-6-13-17-19-8/h6H,2-5,7,12H2,1H3,(H,14,15,16). The number of hydrogen-bond acceptors (Lipinski definition) is 7. The van der Waals surface area contributed by atoms with E-state index in [4.69, 9.17) is 5.73 Å². The molecule has 0 spiro atoms. The molecular weight excluding hydrogens is 262 g/mol. The Balaban J connectivity index is 1.71. The van der Waals surface area contributed by atoms with E-state index in [0.29, 0.717) is 0 Å². The van der Waals surface area contributed by atoms with Gasteiger partial charge in [-0.3, -0.25) is 5.10 Å². The second kappa shape index (κ2) is 4.86. The molecule has 8 heteroatoms. The number of H-pyrrole nitrogens is 1. The molecule has 1 aliphatic heterocycles. The summed E-state index contributed by atoms with van der Waals surface area (Å²) in [5.74, 6) is 1.49. The molecule has 0 radical (unpaired) electrons. The van der Waals surface area contributed by atoms with Crippen LogP contribution in [0.3, 0.4) is 0 Å². The summed E-state index contributed by atoms with van der Waals surface area (Å²) in [6.07, 6.45) is 3.85. The molecule has 0 bridgehead atoms. The van der Waals surface area contributed by atoms with Gasteiger partial charge in [-0.05, 0) is 36.3 Å². The molecule has 1 aliphatic rings. The molecule has 1 fully saturated rings. The molecule has 3 heterocycles. The smallest absolute Gasteiger partial charge is 0.245 e. The predicted octanol–water partition coefficient (Wildman–Crippen LogP) is 0.888. The summed E-state index contributed by atoms with van der Waals surface area (Å²) in [5.41, 5.74) is 6.08. The first kappa shape index (κ1) is 12.5. The van der Waals surface area contributed by atoms with Crippen molar-refractivity contribution in [3.05, 3.63) is 6.20 Å². The van der Waals surface area contributed by atoms with E-state index in [9.17, 15) is 0 Å². The second-order valence-electron chi connectivity index (χ2n) is 5.27. The van der Waals surface area contributed by atoms with Crippen molar-refractivity contribution in [3.63, 3.8) is 0 Å². The lowest BCUT2D eigenvalue weighted by molar-refractivity contribution is 0.257. The lowest BCUT2D eigenvalue weighted by Crippen LogP contribution is -2.42. The summed E-state index contributed by atoms with van der Waals surface area (Å²) >= 11 is 1.31. The van der Waals surface area contributed by atoms with E-state index in [1.54, 1.807) is 6.20 Å². The van der Waals surface area contributed by atoms with E-state index in [0.717, 1.165) is 49.1 Å². The largest absolute Gasteiger partial charge is 0.339 e. The van der Waals surface area contributed by atoms with Crippen LogP contribution in [0.5, 0.6) is 0 Å². The predicted molar refractivity (Wildman–Crippen MR) is 73.9 cm³/mol. The summed E-state index contributed by atoms with van der Waals surface area (Å²) < 4.78 is 3.83. The van der Waals surface area contributed by atoms with Crippen LogP contribution >= 0.6 is 11.5 Å². The molecule has 0 atom stereocenters. The van der Waals surface area contributed by atoms with Crippen LogP contribution in [-0.4, -0.2) is 44.4 Å². The molecule has 0 unspecified atom stereocenters. The zero-order valence-corrected chi connectivity index (χ0v) is 11.7. The molecule has 1 saturated heterocycles. The highest BCUT2D eigenvalue weighted by Crippen LogP contribution is 2.31. The number of nitrogens with two attached hydrogens (primary N) is 1. The van der Waals surface area contributed by atoms with Crippen LogP contribution in [0.1, 0.15) is 19.8 Å². The molecule has 0 saturated carbocycles. The van der Waals surface area contributed by atoms with Gasteiger partial charge in [0.1, 0.15) is 4.88 Å². The van der Waals surface area contributed by atoms with Gasteiger partial charge in [0.25, 0.3) is 0 Å². The van der Waals surface area contributed by atoms with E-state index >= 15 is 0 Å². The van der Waals surface area contributed by atoms with E-state index < -0.39 is 0 Å². The molecule has 2 aromatic rings. The van der Waals surface area contributed by atoms with Crippen molar-refractivity contribution in [2.24, 2.45) is 11.1 Å². The van der Waals surface area contributed by atoms with E-state index in [1.165, 1.54) is 11.5 Å². The van der Waals surface area contributed by atoms with Crippen LogP contribution in [0.25, 0.3) is 10.7 Å². The van der Waals surface area contributed by atoms with Gasteiger partial charge in [-0.1, -0.05) is 11.4 Å². The van der Waals surface area contributed by atoms with Crippen molar-refractivity contribution in [1.29, 1.82) is 0 Å². The summed E-state index contributed by atoms with van der Waals surface area (Å²) in [4.78, 5) is 7.61. The Labute approximate surface area is 115 Å². The van der Waals surface area contributed by atoms with Gasteiger partial charge in [0.2, 0.25) is 5.95 Å². The molecule has 0 amide bonds. The Kier molecular flexibility index (Phi) is 3.19. The Bertz CT molecular complexity index is 527. The summed E-state index contributed by atoms with van der Waals surface area (Å²) in [6, 6.07) is 0. The monoisotopic (exact) mass is 279 g/mol. The average molecular weight is 279 g/mol. The minimum atomic E-state index is 0.261. The molecule has 3 N–H and O–H groups in total. The van der Waals surface area contributed by atoms with Gasteiger partial charge in [0.15, 0.2) is 5.82 Å². The Morgan fingerprint density at radius 1 is 1.47 bits per heavy atom. The van der Waals surface area contributed by atoms with Gasteiger partial charge in [0, 0.05) is 13.1 Å². The highest BCUT2D eigenvalue weighted by molar-refractivity contribution is 7.09. The Morgan fingerprint density at radius 3 is 2.89 bits per heavy atom.